The first-order valence-corrected chi connectivity index (χ1v) is 8.17. The number of hydrogen-bond acceptors (Lipinski definition) is 4. The predicted molar refractivity (Wildman–Crippen MR) is 99.9 cm³/mol. The fraction of sp³-hybridized carbons (Fsp3) is 0.211. The number of anilines is 1. The van der Waals surface area contributed by atoms with Crippen LogP contribution in [0.2, 0.25) is 0 Å². The van der Waals surface area contributed by atoms with Crippen LogP contribution in [0, 0.1) is 17.0 Å². The number of non-ortho nitro benzene ring substituents is 1. The van der Waals surface area contributed by atoms with E-state index in [2.05, 4.69) is 41.2 Å². The van der Waals surface area contributed by atoms with Crippen LogP contribution >= 0.6 is 0 Å². The van der Waals surface area contributed by atoms with E-state index >= 15 is 0 Å². The molecule has 2 N–H and O–H groups in total. The number of carboxylic acids is 1. The Morgan fingerprint density at radius 3 is 2.73 bits per heavy atom. The standard InChI is InChI=1S/C19H19N3O4/c1-12-3-5-15-13(11-21(2)18(15)9-12)7-8-20-17-6-4-14(22(25)26)10-16(17)19(23)24/h3-6,9-11,20H,7-8H2,1-2H3,(H,23,24). The summed E-state index contributed by atoms with van der Waals surface area (Å²) in [5, 5.41) is 24.4. The second kappa shape index (κ2) is 6.87. The van der Waals surface area contributed by atoms with Crippen LogP contribution in [-0.4, -0.2) is 27.1 Å². The van der Waals surface area contributed by atoms with Crippen molar-refractivity contribution in [3.63, 3.8) is 0 Å². The van der Waals surface area contributed by atoms with Gasteiger partial charge in [0, 0.05) is 48.5 Å². The third-order valence-corrected chi connectivity index (χ3v) is 4.38. The summed E-state index contributed by atoms with van der Waals surface area (Å²) >= 11 is 0. The van der Waals surface area contributed by atoms with Crippen molar-refractivity contribution in [3.8, 4) is 0 Å². The maximum Gasteiger partial charge on any atom is 0.338 e. The van der Waals surface area contributed by atoms with Crippen molar-refractivity contribution in [1.82, 2.24) is 4.57 Å². The SMILES string of the molecule is Cc1ccc2c(CCNc3ccc([N+](=O)[O-])cc3C(=O)O)cn(C)c2c1. The number of hydrogen-bond donors (Lipinski definition) is 2. The largest absolute Gasteiger partial charge is 0.478 e. The molecule has 1 heterocycles. The van der Waals surface area contributed by atoms with Gasteiger partial charge in [-0.15, -0.1) is 0 Å². The molecular weight excluding hydrogens is 334 g/mol. The molecule has 3 aromatic rings. The number of nitro groups is 1. The zero-order valence-electron chi connectivity index (χ0n) is 14.5. The van der Waals surface area contributed by atoms with Crippen LogP contribution in [0.4, 0.5) is 11.4 Å². The Morgan fingerprint density at radius 2 is 2.04 bits per heavy atom. The summed E-state index contributed by atoms with van der Waals surface area (Å²) in [5.41, 5.74) is 3.54. The fourth-order valence-corrected chi connectivity index (χ4v) is 3.09. The molecule has 0 aliphatic rings. The number of benzene rings is 2. The zero-order chi connectivity index (χ0) is 18.8. The number of aryl methyl sites for hydroxylation is 2. The van der Waals surface area contributed by atoms with E-state index in [1.807, 2.05) is 7.05 Å². The predicted octanol–water partition coefficient (Wildman–Crippen LogP) is 3.75. The van der Waals surface area contributed by atoms with Crippen molar-refractivity contribution < 1.29 is 14.8 Å². The summed E-state index contributed by atoms with van der Waals surface area (Å²) in [5.74, 6) is -1.20. The van der Waals surface area contributed by atoms with Crippen LogP contribution in [0.1, 0.15) is 21.5 Å². The second-order valence-electron chi connectivity index (χ2n) is 6.25. The first kappa shape index (κ1) is 17.5. The Balaban J connectivity index is 1.78. The minimum Gasteiger partial charge on any atom is -0.478 e. The Labute approximate surface area is 150 Å². The number of nitrogens with zero attached hydrogens (tertiary/aromatic N) is 2. The summed E-state index contributed by atoms with van der Waals surface area (Å²) in [6, 6.07) is 10.1. The van der Waals surface area contributed by atoms with Crippen LogP contribution in [-0.2, 0) is 13.5 Å². The lowest BCUT2D eigenvalue weighted by Crippen LogP contribution is -2.10. The van der Waals surface area contributed by atoms with Crippen LogP contribution < -0.4 is 5.32 Å². The van der Waals surface area contributed by atoms with Crippen molar-refractivity contribution in [3.05, 3.63) is 69.4 Å². The molecule has 0 spiro atoms. The van der Waals surface area contributed by atoms with Crippen LogP contribution in [0.5, 0.6) is 0 Å². The number of aromatic nitrogens is 1. The van der Waals surface area contributed by atoms with Gasteiger partial charge < -0.3 is 15.0 Å². The molecule has 0 unspecified atom stereocenters. The average Bonchev–Trinajstić information content (AvgIpc) is 2.90. The minimum absolute atomic E-state index is 0.104. The van der Waals surface area contributed by atoms with E-state index in [1.54, 1.807) is 0 Å². The molecule has 0 fully saturated rings. The highest BCUT2D eigenvalue weighted by atomic mass is 16.6. The van der Waals surface area contributed by atoms with E-state index in [4.69, 9.17) is 0 Å². The van der Waals surface area contributed by atoms with Gasteiger partial charge in [-0.2, -0.15) is 0 Å². The molecule has 1 aromatic heterocycles. The van der Waals surface area contributed by atoms with E-state index in [1.165, 1.54) is 23.1 Å². The van der Waals surface area contributed by atoms with Gasteiger partial charge in [-0.1, -0.05) is 12.1 Å². The van der Waals surface area contributed by atoms with Gasteiger partial charge in [-0.05, 0) is 36.6 Å². The zero-order valence-corrected chi connectivity index (χ0v) is 14.5. The summed E-state index contributed by atoms with van der Waals surface area (Å²) in [7, 11) is 2.00. The topological polar surface area (TPSA) is 97.4 Å². The average molecular weight is 353 g/mol. The molecular formula is C19H19N3O4. The Morgan fingerprint density at radius 1 is 1.27 bits per heavy atom. The molecule has 2 aromatic carbocycles. The number of rotatable bonds is 6. The molecule has 134 valence electrons. The molecule has 0 radical (unpaired) electrons. The maximum absolute atomic E-state index is 11.4. The molecule has 0 atom stereocenters. The van der Waals surface area contributed by atoms with E-state index in [-0.39, 0.29) is 11.3 Å². The van der Waals surface area contributed by atoms with Crippen molar-refractivity contribution in [2.75, 3.05) is 11.9 Å². The Hall–Kier alpha value is -3.35. The number of nitro benzene ring substituents is 1. The summed E-state index contributed by atoms with van der Waals surface area (Å²) in [4.78, 5) is 21.6. The number of carbonyl (C=O) groups is 1. The number of fused-ring (bicyclic) bond motifs is 1. The number of carboxylic acid groups (broad SMARTS) is 1. The molecule has 0 saturated carbocycles. The molecule has 7 nitrogen and oxygen atoms in total. The van der Waals surface area contributed by atoms with Crippen molar-refractivity contribution >= 4 is 28.2 Å². The van der Waals surface area contributed by atoms with E-state index in [0.717, 1.165) is 17.1 Å². The second-order valence-corrected chi connectivity index (χ2v) is 6.25. The van der Waals surface area contributed by atoms with Crippen molar-refractivity contribution in [2.45, 2.75) is 13.3 Å². The highest BCUT2D eigenvalue weighted by Gasteiger charge is 2.16. The molecule has 0 aliphatic heterocycles. The molecule has 0 saturated heterocycles. The first-order chi connectivity index (χ1) is 12.4. The molecule has 3 rings (SSSR count). The highest BCUT2D eigenvalue weighted by Crippen LogP contribution is 2.24. The Kier molecular flexibility index (Phi) is 4.62. The van der Waals surface area contributed by atoms with Gasteiger partial charge in [-0.3, -0.25) is 10.1 Å². The monoisotopic (exact) mass is 353 g/mol. The molecule has 0 amide bonds. The number of aromatic carboxylic acids is 1. The molecule has 0 aliphatic carbocycles. The lowest BCUT2D eigenvalue weighted by atomic mass is 10.1. The summed E-state index contributed by atoms with van der Waals surface area (Å²) < 4.78 is 2.08. The van der Waals surface area contributed by atoms with Gasteiger partial charge in [0.25, 0.3) is 5.69 Å². The highest BCUT2D eigenvalue weighted by molar-refractivity contribution is 5.95. The third-order valence-electron chi connectivity index (χ3n) is 4.38. The van der Waals surface area contributed by atoms with Gasteiger partial charge >= 0.3 is 5.97 Å². The Bertz CT molecular complexity index is 1010. The quantitative estimate of drug-likeness (QED) is 0.519. The van der Waals surface area contributed by atoms with E-state index in [0.29, 0.717) is 18.7 Å². The first-order valence-electron chi connectivity index (χ1n) is 8.17. The van der Waals surface area contributed by atoms with E-state index < -0.39 is 10.9 Å². The lowest BCUT2D eigenvalue weighted by molar-refractivity contribution is -0.384. The number of nitrogens with one attached hydrogen (secondary N) is 1. The van der Waals surface area contributed by atoms with Gasteiger partial charge in [0.15, 0.2) is 0 Å². The van der Waals surface area contributed by atoms with Gasteiger partial charge in [-0.25, -0.2) is 4.79 Å². The van der Waals surface area contributed by atoms with Crippen LogP contribution in [0.25, 0.3) is 10.9 Å². The minimum atomic E-state index is -1.20. The molecule has 7 heteroatoms. The summed E-state index contributed by atoms with van der Waals surface area (Å²) in [6.45, 7) is 2.57. The smallest absolute Gasteiger partial charge is 0.338 e. The van der Waals surface area contributed by atoms with Crippen LogP contribution in [0.15, 0.2) is 42.6 Å². The molecule has 0 bridgehead atoms. The lowest BCUT2D eigenvalue weighted by Gasteiger charge is -2.09. The van der Waals surface area contributed by atoms with Gasteiger partial charge in [0.1, 0.15) is 0 Å². The normalized spacial score (nSPS) is 10.8. The summed E-state index contributed by atoms with van der Waals surface area (Å²) in [6.07, 6.45) is 2.77. The molecule has 26 heavy (non-hydrogen) atoms. The maximum atomic E-state index is 11.4. The van der Waals surface area contributed by atoms with E-state index in [9.17, 15) is 20.0 Å². The van der Waals surface area contributed by atoms with Gasteiger partial charge in [0.05, 0.1) is 10.5 Å². The van der Waals surface area contributed by atoms with Crippen molar-refractivity contribution in [1.29, 1.82) is 0 Å². The fourth-order valence-electron chi connectivity index (χ4n) is 3.09. The third kappa shape index (κ3) is 3.37. The van der Waals surface area contributed by atoms with Crippen molar-refractivity contribution in [2.24, 2.45) is 7.05 Å². The van der Waals surface area contributed by atoms with Crippen LogP contribution in [0.3, 0.4) is 0 Å². The van der Waals surface area contributed by atoms with Gasteiger partial charge in [0.2, 0.25) is 0 Å².